The van der Waals surface area contributed by atoms with Crippen LogP contribution in [0.5, 0.6) is 0 Å². The summed E-state index contributed by atoms with van der Waals surface area (Å²) in [5.74, 6) is 2.07. The summed E-state index contributed by atoms with van der Waals surface area (Å²) in [7, 11) is 2.24. The Hall–Kier alpha value is -1.94. The van der Waals surface area contributed by atoms with Crippen molar-refractivity contribution in [2.45, 2.75) is 33.9 Å². The highest BCUT2D eigenvalue weighted by molar-refractivity contribution is 5.77. The molecule has 1 aliphatic rings. The zero-order chi connectivity index (χ0) is 15.2. The van der Waals surface area contributed by atoms with E-state index >= 15 is 0 Å². The summed E-state index contributed by atoms with van der Waals surface area (Å²) in [6.07, 6.45) is 2.16. The van der Waals surface area contributed by atoms with E-state index in [2.05, 4.69) is 57.0 Å². The van der Waals surface area contributed by atoms with E-state index in [1.807, 2.05) is 13.1 Å². The number of para-hydroxylation sites is 1. The van der Waals surface area contributed by atoms with E-state index in [4.69, 9.17) is 9.97 Å². The van der Waals surface area contributed by atoms with Crippen LogP contribution >= 0.6 is 0 Å². The van der Waals surface area contributed by atoms with Gasteiger partial charge in [-0.3, -0.25) is 9.38 Å². The summed E-state index contributed by atoms with van der Waals surface area (Å²) in [5, 5.41) is 0. The first-order valence-corrected chi connectivity index (χ1v) is 7.53. The molecule has 0 N–H and O–H groups in total. The molecular weight excluding hydrogens is 260 g/mol. The quantitative estimate of drug-likeness (QED) is 0.789. The number of hydrogen-bond donors (Lipinski definition) is 0. The van der Waals surface area contributed by atoms with Crippen LogP contribution in [0.1, 0.15) is 25.1 Å². The Labute approximate surface area is 126 Å². The maximum absolute atomic E-state index is 4.79. The lowest BCUT2D eigenvalue weighted by atomic mass is 10.2. The van der Waals surface area contributed by atoms with Gasteiger partial charge in [0.15, 0.2) is 6.17 Å². The van der Waals surface area contributed by atoms with Crippen LogP contribution in [0.3, 0.4) is 0 Å². The highest BCUT2D eigenvalue weighted by Gasteiger charge is 2.48. The minimum atomic E-state index is 0.285. The average Bonchev–Trinajstić information content (AvgIpc) is 2.69. The maximum atomic E-state index is 4.79. The second kappa shape index (κ2) is 4.81. The molecule has 1 unspecified atom stereocenters. The molecule has 3 rings (SSSR count). The maximum Gasteiger partial charge on any atom is 0.273 e. The molecule has 2 heterocycles. The third-order valence-corrected chi connectivity index (χ3v) is 4.80. The van der Waals surface area contributed by atoms with Gasteiger partial charge in [0.2, 0.25) is 5.82 Å². The van der Waals surface area contributed by atoms with Gasteiger partial charge in [-0.1, -0.05) is 18.2 Å². The first-order chi connectivity index (χ1) is 9.99. The minimum absolute atomic E-state index is 0.285. The number of hydrogen-bond acceptors (Lipinski definition) is 3. The number of quaternary nitrogens is 1. The van der Waals surface area contributed by atoms with Crippen molar-refractivity contribution >= 4 is 17.3 Å². The van der Waals surface area contributed by atoms with Crippen LogP contribution < -0.4 is 9.38 Å². The number of fused-ring (bicyclic) bond motifs is 1. The molecule has 4 nitrogen and oxygen atoms in total. The van der Waals surface area contributed by atoms with Gasteiger partial charge in [0, 0.05) is 6.92 Å². The van der Waals surface area contributed by atoms with Crippen molar-refractivity contribution in [1.29, 1.82) is 0 Å². The number of aryl methyl sites for hydroxylation is 2. The molecule has 0 aliphatic carbocycles. The standard InChI is InChI=1S/C17H23N4/c1-6-21(5)14(4)20(15-10-8-7-9-12(15)2)16-17(21)18-11-13(3)19-16/h7-11,14H,6H2,1-5H3/q+1/t14-,21?/m1/s1. The van der Waals surface area contributed by atoms with Gasteiger partial charge in [-0.05, 0) is 32.4 Å². The van der Waals surface area contributed by atoms with Gasteiger partial charge in [-0.25, -0.2) is 4.98 Å². The van der Waals surface area contributed by atoms with E-state index in [1.165, 1.54) is 11.3 Å². The molecule has 1 aliphatic heterocycles. The molecule has 0 saturated carbocycles. The first kappa shape index (κ1) is 14.0. The van der Waals surface area contributed by atoms with Crippen molar-refractivity contribution in [2.75, 3.05) is 18.5 Å². The molecule has 0 amide bonds. The molecule has 2 aromatic rings. The van der Waals surface area contributed by atoms with Crippen LogP contribution in [0, 0.1) is 13.8 Å². The van der Waals surface area contributed by atoms with Crippen molar-refractivity contribution in [3.63, 3.8) is 0 Å². The van der Waals surface area contributed by atoms with Crippen LogP contribution in [0.25, 0.3) is 0 Å². The van der Waals surface area contributed by atoms with E-state index in [-0.39, 0.29) is 6.17 Å². The van der Waals surface area contributed by atoms with Gasteiger partial charge in [0.1, 0.15) is 0 Å². The van der Waals surface area contributed by atoms with Gasteiger partial charge < -0.3 is 0 Å². The summed E-state index contributed by atoms with van der Waals surface area (Å²) in [6.45, 7) is 9.62. The van der Waals surface area contributed by atoms with E-state index < -0.39 is 0 Å². The Bertz CT molecular complexity index is 682. The van der Waals surface area contributed by atoms with E-state index in [9.17, 15) is 0 Å². The van der Waals surface area contributed by atoms with Crippen molar-refractivity contribution in [3.05, 3.63) is 41.7 Å². The molecule has 0 radical (unpaired) electrons. The van der Waals surface area contributed by atoms with Crippen LogP contribution in [0.15, 0.2) is 30.5 Å². The summed E-state index contributed by atoms with van der Waals surface area (Å²) >= 11 is 0. The Morgan fingerprint density at radius 2 is 1.95 bits per heavy atom. The van der Waals surface area contributed by atoms with Crippen LogP contribution in [-0.4, -0.2) is 29.7 Å². The summed E-state index contributed by atoms with van der Waals surface area (Å²) < 4.78 is 0.789. The normalized spacial score (nSPS) is 24.2. The molecule has 21 heavy (non-hydrogen) atoms. The van der Waals surface area contributed by atoms with Gasteiger partial charge in [-0.2, -0.15) is 4.98 Å². The minimum Gasteiger partial charge on any atom is -0.269 e. The van der Waals surface area contributed by atoms with Crippen molar-refractivity contribution in [2.24, 2.45) is 0 Å². The molecule has 0 fully saturated rings. The van der Waals surface area contributed by atoms with E-state index in [0.29, 0.717) is 0 Å². The molecule has 1 aromatic heterocycles. The fraction of sp³-hybridized carbons (Fsp3) is 0.412. The molecule has 110 valence electrons. The molecule has 2 atom stereocenters. The number of nitrogens with zero attached hydrogens (tertiary/aromatic N) is 4. The molecule has 0 bridgehead atoms. The first-order valence-electron chi connectivity index (χ1n) is 7.53. The third kappa shape index (κ3) is 1.94. The molecule has 0 saturated heterocycles. The third-order valence-electron chi connectivity index (χ3n) is 4.80. The van der Waals surface area contributed by atoms with Crippen molar-refractivity contribution in [3.8, 4) is 0 Å². The van der Waals surface area contributed by atoms with Crippen LogP contribution in [0.2, 0.25) is 0 Å². The molecular formula is C17H23N4+. The number of aromatic nitrogens is 2. The number of benzene rings is 1. The van der Waals surface area contributed by atoms with Crippen LogP contribution in [0.4, 0.5) is 17.3 Å². The Morgan fingerprint density at radius 1 is 1.24 bits per heavy atom. The highest BCUT2D eigenvalue weighted by Crippen LogP contribution is 2.45. The monoisotopic (exact) mass is 283 g/mol. The molecule has 0 spiro atoms. The molecule has 4 heteroatoms. The number of anilines is 2. The van der Waals surface area contributed by atoms with Gasteiger partial charge in [0.25, 0.3) is 5.82 Å². The lowest BCUT2D eigenvalue weighted by molar-refractivity contribution is 0.289. The van der Waals surface area contributed by atoms with E-state index in [0.717, 1.165) is 28.4 Å². The van der Waals surface area contributed by atoms with Gasteiger partial charge in [0.05, 0.1) is 31.2 Å². The summed E-state index contributed by atoms with van der Waals surface area (Å²) in [4.78, 5) is 11.8. The Morgan fingerprint density at radius 3 is 2.62 bits per heavy atom. The van der Waals surface area contributed by atoms with Gasteiger partial charge in [-0.15, -0.1) is 0 Å². The fourth-order valence-corrected chi connectivity index (χ4v) is 3.15. The SMILES string of the molecule is CC[N+]1(C)c2ncc(C)nc2N(c2ccccc2C)[C@H]1C. The van der Waals surface area contributed by atoms with Crippen LogP contribution in [-0.2, 0) is 0 Å². The zero-order valence-electron chi connectivity index (χ0n) is 13.5. The van der Waals surface area contributed by atoms with Crippen molar-refractivity contribution in [1.82, 2.24) is 14.5 Å². The predicted octanol–water partition coefficient (Wildman–Crippen LogP) is 3.55. The zero-order valence-corrected chi connectivity index (χ0v) is 13.5. The topological polar surface area (TPSA) is 29.0 Å². The fourth-order valence-electron chi connectivity index (χ4n) is 3.15. The van der Waals surface area contributed by atoms with E-state index in [1.54, 1.807) is 0 Å². The Kier molecular flexibility index (Phi) is 3.21. The largest absolute Gasteiger partial charge is 0.273 e. The lowest BCUT2D eigenvalue weighted by Crippen LogP contribution is -2.54. The summed E-state index contributed by atoms with van der Waals surface area (Å²) in [6, 6.07) is 8.49. The average molecular weight is 283 g/mol. The summed E-state index contributed by atoms with van der Waals surface area (Å²) in [5.41, 5.74) is 3.45. The second-order valence-corrected chi connectivity index (χ2v) is 6.03. The Balaban J connectivity index is 2.24. The second-order valence-electron chi connectivity index (χ2n) is 6.03. The lowest BCUT2D eigenvalue weighted by Gasteiger charge is -2.34. The smallest absolute Gasteiger partial charge is 0.269 e. The van der Waals surface area contributed by atoms with Gasteiger partial charge >= 0.3 is 0 Å². The predicted molar refractivity (Wildman–Crippen MR) is 87.8 cm³/mol. The highest BCUT2D eigenvalue weighted by atomic mass is 15.6. The van der Waals surface area contributed by atoms with Crippen molar-refractivity contribution < 1.29 is 0 Å². The molecule has 1 aromatic carbocycles. The number of rotatable bonds is 2.